The van der Waals surface area contributed by atoms with Crippen molar-refractivity contribution in [2.45, 2.75) is 6.18 Å². The molecule has 26 heavy (non-hydrogen) atoms. The van der Waals surface area contributed by atoms with Gasteiger partial charge in [-0.2, -0.15) is 13.2 Å². The summed E-state index contributed by atoms with van der Waals surface area (Å²) in [5.41, 5.74) is -0.145. The molecule has 1 aliphatic heterocycles. The van der Waals surface area contributed by atoms with Crippen LogP contribution in [0.1, 0.15) is 21.5 Å². The molecule has 2 aromatic rings. The lowest BCUT2D eigenvalue weighted by Crippen LogP contribution is -2.24. The van der Waals surface area contributed by atoms with E-state index in [0.29, 0.717) is 30.3 Å². The van der Waals surface area contributed by atoms with Gasteiger partial charge in [-0.1, -0.05) is 17.9 Å². The molecule has 1 N–H and O–H groups in total. The monoisotopic (exact) mass is 361 g/mol. The first kappa shape index (κ1) is 17.7. The number of hydrogen-bond donors (Lipinski definition) is 1. The standard InChI is InChI=1S/C19H14F3NO3/c20-19(21,22)15-5-1-3-13(11-15)4-2-8-23-18(24)14-6-7-16-17(12-14)26-10-9-25-16/h1,3,5-7,11-12H,8-10H2,(H,23,24). The van der Waals surface area contributed by atoms with Crippen LogP contribution in [0.3, 0.4) is 0 Å². The van der Waals surface area contributed by atoms with Crippen molar-refractivity contribution in [2.75, 3.05) is 19.8 Å². The lowest BCUT2D eigenvalue weighted by atomic mass is 10.1. The van der Waals surface area contributed by atoms with Crippen LogP contribution in [0.15, 0.2) is 42.5 Å². The van der Waals surface area contributed by atoms with Gasteiger partial charge in [-0.05, 0) is 36.4 Å². The summed E-state index contributed by atoms with van der Waals surface area (Å²) in [5.74, 6) is 5.96. The van der Waals surface area contributed by atoms with Crippen LogP contribution in [-0.2, 0) is 6.18 Å². The SMILES string of the molecule is O=C(NCC#Cc1cccc(C(F)(F)F)c1)c1ccc2c(c1)OCCO2. The van der Waals surface area contributed by atoms with E-state index in [-0.39, 0.29) is 18.0 Å². The second kappa shape index (κ2) is 7.40. The predicted molar refractivity (Wildman–Crippen MR) is 88.1 cm³/mol. The van der Waals surface area contributed by atoms with Crippen LogP contribution in [0.5, 0.6) is 11.5 Å². The molecule has 0 fully saturated rings. The molecule has 0 saturated heterocycles. The van der Waals surface area contributed by atoms with Crippen molar-refractivity contribution < 1.29 is 27.4 Å². The van der Waals surface area contributed by atoms with E-state index in [1.54, 1.807) is 18.2 Å². The van der Waals surface area contributed by atoms with Gasteiger partial charge in [0.1, 0.15) is 13.2 Å². The normalized spacial score (nSPS) is 12.7. The number of carbonyl (C=O) groups excluding carboxylic acids is 1. The van der Waals surface area contributed by atoms with Crippen molar-refractivity contribution in [1.82, 2.24) is 5.32 Å². The third kappa shape index (κ3) is 4.28. The van der Waals surface area contributed by atoms with Crippen LogP contribution in [0.25, 0.3) is 0 Å². The molecular weight excluding hydrogens is 347 g/mol. The molecule has 7 heteroatoms. The van der Waals surface area contributed by atoms with Crippen molar-refractivity contribution in [2.24, 2.45) is 0 Å². The quantitative estimate of drug-likeness (QED) is 0.836. The summed E-state index contributed by atoms with van der Waals surface area (Å²) in [7, 11) is 0. The maximum absolute atomic E-state index is 12.6. The average Bonchev–Trinajstić information content (AvgIpc) is 2.64. The van der Waals surface area contributed by atoms with Crippen molar-refractivity contribution in [3.05, 3.63) is 59.2 Å². The highest BCUT2D eigenvalue weighted by molar-refractivity contribution is 5.95. The fraction of sp³-hybridized carbons (Fsp3) is 0.211. The van der Waals surface area contributed by atoms with E-state index in [1.165, 1.54) is 12.1 Å². The molecule has 1 heterocycles. The first-order chi connectivity index (χ1) is 12.4. The Bertz CT molecular complexity index is 882. The van der Waals surface area contributed by atoms with Gasteiger partial charge in [0.05, 0.1) is 12.1 Å². The van der Waals surface area contributed by atoms with Crippen molar-refractivity contribution in [3.63, 3.8) is 0 Å². The van der Waals surface area contributed by atoms with Crippen molar-refractivity contribution in [3.8, 4) is 23.3 Å². The molecule has 0 unspecified atom stereocenters. The van der Waals surface area contributed by atoms with Gasteiger partial charge in [-0.3, -0.25) is 4.79 Å². The zero-order chi connectivity index (χ0) is 18.6. The Hall–Kier alpha value is -3.14. The number of rotatable bonds is 2. The van der Waals surface area contributed by atoms with E-state index in [0.717, 1.165) is 12.1 Å². The molecule has 0 atom stereocenters. The summed E-state index contributed by atoms with van der Waals surface area (Å²) in [4.78, 5) is 12.1. The third-order valence-corrected chi connectivity index (χ3v) is 3.56. The number of alkyl halides is 3. The zero-order valence-corrected chi connectivity index (χ0v) is 13.5. The smallest absolute Gasteiger partial charge is 0.416 e. The average molecular weight is 361 g/mol. The second-order valence-electron chi connectivity index (χ2n) is 5.42. The van der Waals surface area contributed by atoms with Gasteiger partial charge in [-0.15, -0.1) is 0 Å². The molecule has 2 aromatic carbocycles. The van der Waals surface area contributed by atoms with Gasteiger partial charge in [0, 0.05) is 11.1 Å². The molecule has 0 spiro atoms. The summed E-state index contributed by atoms with van der Waals surface area (Å²) in [6.07, 6.45) is -4.41. The second-order valence-corrected chi connectivity index (χ2v) is 5.42. The van der Waals surface area contributed by atoms with E-state index in [2.05, 4.69) is 17.2 Å². The van der Waals surface area contributed by atoms with Gasteiger partial charge < -0.3 is 14.8 Å². The summed E-state index contributed by atoms with van der Waals surface area (Å²) in [6, 6.07) is 9.54. The molecule has 0 bridgehead atoms. The Morgan fingerprint density at radius 3 is 2.62 bits per heavy atom. The zero-order valence-electron chi connectivity index (χ0n) is 13.5. The van der Waals surface area contributed by atoms with Crippen molar-refractivity contribution >= 4 is 5.91 Å². The highest BCUT2D eigenvalue weighted by atomic mass is 19.4. The molecule has 0 radical (unpaired) electrons. The molecular formula is C19H14F3NO3. The molecule has 1 aliphatic rings. The van der Waals surface area contributed by atoms with Crippen LogP contribution in [0.4, 0.5) is 13.2 Å². The van der Waals surface area contributed by atoms with E-state index < -0.39 is 11.7 Å². The highest BCUT2D eigenvalue weighted by Gasteiger charge is 2.30. The number of fused-ring (bicyclic) bond motifs is 1. The predicted octanol–water partition coefficient (Wildman–Crippen LogP) is 3.26. The number of nitrogens with one attached hydrogen (secondary N) is 1. The lowest BCUT2D eigenvalue weighted by Gasteiger charge is -2.18. The minimum Gasteiger partial charge on any atom is -0.486 e. The Labute approximate surface area is 147 Å². The van der Waals surface area contributed by atoms with Gasteiger partial charge in [0.15, 0.2) is 11.5 Å². The fourth-order valence-corrected chi connectivity index (χ4v) is 2.33. The van der Waals surface area contributed by atoms with Crippen LogP contribution < -0.4 is 14.8 Å². The highest BCUT2D eigenvalue weighted by Crippen LogP contribution is 2.31. The summed E-state index contributed by atoms with van der Waals surface area (Å²) >= 11 is 0. The molecule has 4 nitrogen and oxygen atoms in total. The number of ether oxygens (including phenoxy) is 2. The molecule has 0 aromatic heterocycles. The van der Waals surface area contributed by atoms with Gasteiger partial charge >= 0.3 is 6.18 Å². The Balaban J connectivity index is 1.60. The fourth-order valence-electron chi connectivity index (χ4n) is 2.33. The molecule has 0 aliphatic carbocycles. The maximum Gasteiger partial charge on any atom is 0.416 e. The summed E-state index contributed by atoms with van der Waals surface area (Å²) in [6.45, 7) is 0.883. The topological polar surface area (TPSA) is 47.6 Å². The van der Waals surface area contributed by atoms with E-state index >= 15 is 0 Å². The van der Waals surface area contributed by atoms with Crippen molar-refractivity contribution in [1.29, 1.82) is 0 Å². The molecule has 3 rings (SSSR count). The van der Waals surface area contributed by atoms with E-state index in [1.807, 2.05) is 0 Å². The maximum atomic E-state index is 12.6. The number of benzene rings is 2. The van der Waals surface area contributed by atoms with E-state index in [4.69, 9.17) is 9.47 Å². The largest absolute Gasteiger partial charge is 0.486 e. The molecule has 134 valence electrons. The minimum atomic E-state index is -4.41. The molecule has 0 saturated carbocycles. The summed E-state index contributed by atoms with van der Waals surface area (Å²) in [5, 5.41) is 2.59. The number of halogens is 3. The van der Waals surface area contributed by atoms with Gasteiger partial charge in [0.2, 0.25) is 0 Å². The van der Waals surface area contributed by atoms with E-state index in [9.17, 15) is 18.0 Å². The number of hydrogen-bond acceptors (Lipinski definition) is 3. The Morgan fingerprint density at radius 1 is 1.08 bits per heavy atom. The minimum absolute atomic E-state index is 0.00349. The first-order valence-electron chi connectivity index (χ1n) is 7.77. The van der Waals surface area contributed by atoms with Crippen LogP contribution in [-0.4, -0.2) is 25.7 Å². The lowest BCUT2D eigenvalue weighted by molar-refractivity contribution is -0.137. The Kier molecular flexibility index (Phi) is 5.03. The first-order valence-corrected chi connectivity index (χ1v) is 7.77. The third-order valence-electron chi connectivity index (χ3n) is 3.56. The summed E-state index contributed by atoms with van der Waals surface area (Å²) < 4.78 is 48.7. The number of amides is 1. The number of carbonyl (C=O) groups is 1. The van der Waals surface area contributed by atoms with Gasteiger partial charge in [-0.25, -0.2) is 0 Å². The van der Waals surface area contributed by atoms with Crippen LogP contribution in [0.2, 0.25) is 0 Å². The van der Waals surface area contributed by atoms with Crippen LogP contribution in [0, 0.1) is 11.8 Å². The Morgan fingerprint density at radius 2 is 1.85 bits per heavy atom. The van der Waals surface area contributed by atoms with Gasteiger partial charge in [0.25, 0.3) is 5.91 Å². The molecule has 1 amide bonds. The van der Waals surface area contributed by atoms with Crippen LogP contribution >= 0.6 is 0 Å².